The Hall–Kier alpha value is -0.950. The van der Waals surface area contributed by atoms with E-state index in [-0.39, 0.29) is 0 Å². The topological polar surface area (TPSA) is 43.5 Å². The fraction of sp³-hybridized carbons (Fsp3) is 0.636. The molecule has 0 atom stereocenters. The lowest BCUT2D eigenvalue weighted by atomic mass is 10.2. The molecule has 3 nitrogen and oxygen atoms in total. The molecular weight excluding hydrogens is 206 g/mol. The fourth-order valence-corrected chi connectivity index (χ4v) is 2.06. The van der Waals surface area contributed by atoms with E-state index < -0.39 is 0 Å². The van der Waals surface area contributed by atoms with Crippen LogP contribution in [-0.4, -0.2) is 10.7 Å². The van der Waals surface area contributed by atoms with Gasteiger partial charge in [-0.2, -0.15) is 5.26 Å². The van der Waals surface area contributed by atoms with Crippen molar-refractivity contribution in [3.05, 3.63) is 18.2 Å². The number of hydrogen-bond acceptors (Lipinski definition) is 2. The highest BCUT2D eigenvalue weighted by molar-refractivity contribution is 7.98. The molecule has 0 aromatic carbocycles. The molecule has 0 aliphatic carbocycles. The first-order chi connectivity index (χ1) is 7.38. The molecule has 15 heavy (non-hydrogen) atoms. The van der Waals surface area contributed by atoms with Crippen LogP contribution in [0.25, 0.3) is 0 Å². The number of aromatic amines is 1. The van der Waals surface area contributed by atoms with Crippen LogP contribution in [0.5, 0.6) is 0 Å². The Balaban J connectivity index is 2.33. The summed E-state index contributed by atoms with van der Waals surface area (Å²) in [7, 11) is 0. The van der Waals surface area contributed by atoms with Crippen LogP contribution in [0.15, 0.2) is 12.4 Å². The molecule has 0 unspecified atom stereocenters. The Morgan fingerprint density at radius 1 is 1.53 bits per heavy atom. The Labute approximate surface area is 95.5 Å². The van der Waals surface area contributed by atoms with Crippen LogP contribution >= 0.6 is 11.8 Å². The zero-order chi connectivity index (χ0) is 10.9. The van der Waals surface area contributed by atoms with Crippen molar-refractivity contribution in [2.75, 3.05) is 5.75 Å². The van der Waals surface area contributed by atoms with E-state index in [4.69, 9.17) is 5.26 Å². The van der Waals surface area contributed by atoms with Crippen molar-refractivity contribution in [2.24, 2.45) is 0 Å². The molecule has 1 aromatic rings. The van der Waals surface area contributed by atoms with E-state index in [9.17, 15) is 0 Å². The van der Waals surface area contributed by atoms with Gasteiger partial charge in [-0.1, -0.05) is 6.92 Å². The van der Waals surface area contributed by atoms with Crippen LogP contribution in [0.2, 0.25) is 0 Å². The normalized spacial score (nSPS) is 10.1. The third-order valence-electron chi connectivity index (χ3n) is 2.23. The zero-order valence-electron chi connectivity index (χ0n) is 9.20. The van der Waals surface area contributed by atoms with Crippen LogP contribution in [0.4, 0.5) is 0 Å². The summed E-state index contributed by atoms with van der Waals surface area (Å²) in [5.74, 6) is 3.47. The number of imidazole rings is 1. The van der Waals surface area contributed by atoms with Crippen molar-refractivity contribution < 1.29 is 4.57 Å². The van der Waals surface area contributed by atoms with Gasteiger partial charge in [-0.05, 0) is 18.6 Å². The second-order valence-electron chi connectivity index (χ2n) is 3.35. The van der Waals surface area contributed by atoms with Gasteiger partial charge in [0.25, 0.3) is 5.82 Å². The van der Waals surface area contributed by atoms with Crippen molar-refractivity contribution in [1.29, 1.82) is 5.26 Å². The monoisotopic (exact) mass is 224 g/mol. The Kier molecular flexibility index (Phi) is 5.94. The van der Waals surface area contributed by atoms with E-state index in [1.165, 1.54) is 5.82 Å². The molecule has 0 bridgehead atoms. The molecule has 1 N–H and O–H groups in total. The number of aryl methyl sites for hydroxylation is 1. The minimum atomic E-state index is 0.671. The largest absolute Gasteiger partial charge is 0.264 e. The van der Waals surface area contributed by atoms with Crippen molar-refractivity contribution >= 4 is 11.8 Å². The number of unbranched alkanes of at least 4 members (excludes halogenated alkanes) is 2. The van der Waals surface area contributed by atoms with Gasteiger partial charge in [0.05, 0.1) is 18.4 Å². The summed E-state index contributed by atoms with van der Waals surface area (Å²) in [6.45, 7) is 3.19. The average Bonchev–Trinajstić information content (AvgIpc) is 2.69. The number of nitriles is 1. The van der Waals surface area contributed by atoms with Crippen LogP contribution in [0.3, 0.4) is 0 Å². The summed E-state index contributed by atoms with van der Waals surface area (Å²) in [6.07, 6.45) is 6.81. The Morgan fingerprint density at radius 2 is 2.40 bits per heavy atom. The average molecular weight is 224 g/mol. The maximum absolute atomic E-state index is 8.43. The molecule has 1 rings (SSSR count). The van der Waals surface area contributed by atoms with E-state index in [0.717, 1.165) is 30.9 Å². The first kappa shape index (κ1) is 12.1. The standard InChI is InChI=1S/C11H17N3S/c1-2-15-10-11-13-7-9-14(11)8-5-3-4-6-12/h7,9H,2-5,8,10H2,1H3/p+1. The van der Waals surface area contributed by atoms with Crippen LogP contribution in [0, 0.1) is 11.3 Å². The summed E-state index contributed by atoms with van der Waals surface area (Å²) in [5, 5.41) is 8.43. The van der Waals surface area contributed by atoms with Crippen molar-refractivity contribution in [2.45, 2.75) is 38.5 Å². The number of nitrogens with zero attached hydrogens (tertiary/aromatic N) is 2. The summed E-state index contributed by atoms with van der Waals surface area (Å²) in [6, 6.07) is 2.18. The highest BCUT2D eigenvalue weighted by atomic mass is 32.2. The third kappa shape index (κ3) is 4.39. The maximum Gasteiger partial charge on any atom is 0.264 e. The van der Waals surface area contributed by atoms with Crippen molar-refractivity contribution in [3.63, 3.8) is 0 Å². The second-order valence-corrected chi connectivity index (χ2v) is 4.63. The summed E-state index contributed by atoms with van der Waals surface area (Å²) >= 11 is 1.92. The first-order valence-electron chi connectivity index (χ1n) is 5.39. The Bertz CT molecular complexity index is 314. The highest BCUT2D eigenvalue weighted by Gasteiger charge is 2.08. The molecule has 0 amide bonds. The minimum absolute atomic E-state index is 0.671. The minimum Gasteiger partial charge on any atom is -0.247 e. The van der Waals surface area contributed by atoms with Crippen molar-refractivity contribution in [3.8, 4) is 6.07 Å². The lowest BCUT2D eigenvalue weighted by molar-refractivity contribution is -0.702. The van der Waals surface area contributed by atoms with Crippen LogP contribution < -0.4 is 4.57 Å². The fourth-order valence-electron chi connectivity index (χ4n) is 1.42. The smallest absolute Gasteiger partial charge is 0.247 e. The number of nitrogens with one attached hydrogen (secondary N) is 1. The van der Waals surface area contributed by atoms with Gasteiger partial charge in [0.15, 0.2) is 0 Å². The molecule has 4 heteroatoms. The molecule has 0 radical (unpaired) electrons. The van der Waals surface area contributed by atoms with E-state index in [1.807, 2.05) is 18.0 Å². The second kappa shape index (κ2) is 7.36. The van der Waals surface area contributed by atoms with Crippen molar-refractivity contribution in [1.82, 2.24) is 4.98 Å². The maximum atomic E-state index is 8.43. The zero-order valence-corrected chi connectivity index (χ0v) is 10.0. The van der Waals surface area contributed by atoms with Gasteiger partial charge in [-0.15, -0.1) is 11.8 Å². The molecule has 0 aliphatic heterocycles. The predicted octanol–water partition coefficient (Wildman–Crippen LogP) is 2.25. The Morgan fingerprint density at radius 3 is 3.13 bits per heavy atom. The van der Waals surface area contributed by atoms with Gasteiger partial charge in [0.1, 0.15) is 12.4 Å². The van der Waals surface area contributed by atoms with E-state index in [0.29, 0.717) is 6.42 Å². The van der Waals surface area contributed by atoms with E-state index in [1.54, 1.807) is 0 Å². The lowest BCUT2D eigenvalue weighted by Crippen LogP contribution is -2.35. The predicted molar refractivity (Wildman–Crippen MR) is 62.3 cm³/mol. The highest BCUT2D eigenvalue weighted by Crippen LogP contribution is 2.06. The van der Waals surface area contributed by atoms with E-state index >= 15 is 0 Å². The number of aromatic nitrogens is 2. The molecule has 0 saturated carbocycles. The van der Waals surface area contributed by atoms with Gasteiger partial charge in [0.2, 0.25) is 0 Å². The van der Waals surface area contributed by atoms with Crippen LogP contribution in [0.1, 0.15) is 32.0 Å². The van der Waals surface area contributed by atoms with Gasteiger partial charge in [0, 0.05) is 6.42 Å². The lowest BCUT2D eigenvalue weighted by Gasteiger charge is -1.99. The number of hydrogen-bond donors (Lipinski definition) is 1. The number of thioether (sulfide) groups is 1. The number of rotatable bonds is 7. The number of H-pyrrole nitrogens is 1. The van der Waals surface area contributed by atoms with Gasteiger partial charge in [-0.3, -0.25) is 0 Å². The van der Waals surface area contributed by atoms with E-state index in [2.05, 4.69) is 28.7 Å². The molecule has 0 fully saturated rings. The summed E-state index contributed by atoms with van der Waals surface area (Å²) in [5.41, 5.74) is 0. The van der Waals surface area contributed by atoms with Gasteiger partial charge in [-0.25, -0.2) is 9.55 Å². The quantitative estimate of drug-likeness (QED) is 0.570. The first-order valence-corrected chi connectivity index (χ1v) is 6.54. The third-order valence-corrected chi connectivity index (χ3v) is 3.12. The molecule has 0 aliphatic rings. The summed E-state index contributed by atoms with van der Waals surface area (Å²) < 4.78 is 2.25. The molecule has 0 saturated heterocycles. The molecule has 1 aromatic heterocycles. The molecule has 0 spiro atoms. The molecule has 1 heterocycles. The summed E-state index contributed by atoms with van der Waals surface area (Å²) in [4.78, 5) is 3.26. The molecule has 82 valence electrons. The van der Waals surface area contributed by atoms with Gasteiger partial charge >= 0.3 is 0 Å². The SMILES string of the molecule is CCSCc1[nH]cc[n+]1CCCCC#N. The van der Waals surface area contributed by atoms with Crippen LogP contribution in [-0.2, 0) is 12.3 Å². The molecular formula is C11H18N3S+. The van der Waals surface area contributed by atoms with Gasteiger partial charge < -0.3 is 0 Å².